The molecule has 0 radical (unpaired) electrons. The van der Waals surface area contributed by atoms with Crippen LogP contribution in [0.3, 0.4) is 0 Å². The minimum Gasteiger partial charge on any atom is -0.480 e. The monoisotopic (exact) mass is 367 g/mol. The second-order valence-electron chi connectivity index (χ2n) is 6.22. The van der Waals surface area contributed by atoms with Gasteiger partial charge in [-0.05, 0) is 31.7 Å². The summed E-state index contributed by atoms with van der Waals surface area (Å²) in [7, 11) is 3.89. The molecule has 4 nitrogen and oxygen atoms in total. The zero-order chi connectivity index (χ0) is 17.4. The highest BCUT2D eigenvalue weighted by Gasteiger charge is 2.20. The molecular weight excluding hydrogens is 342 g/mol. The Bertz CT molecular complexity index is 542. The van der Waals surface area contributed by atoms with Crippen LogP contribution in [0, 0.1) is 6.92 Å². The summed E-state index contributed by atoms with van der Waals surface area (Å²) in [5.41, 5.74) is 2.05. The van der Waals surface area contributed by atoms with Crippen LogP contribution in [0.5, 0.6) is 0 Å². The Balaban J connectivity index is 1.71. The van der Waals surface area contributed by atoms with Crippen molar-refractivity contribution in [2.45, 2.75) is 56.7 Å². The number of hydrogen-bond donors (Lipinski definition) is 2. The molecule has 0 aliphatic carbocycles. The van der Waals surface area contributed by atoms with Crippen molar-refractivity contribution >= 4 is 33.5 Å². The topological polar surface area (TPSA) is 66.4 Å². The van der Waals surface area contributed by atoms with Gasteiger partial charge < -0.3 is 10.4 Å². The van der Waals surface area contributed by atoms with Crippen molar-refractivity contribution in [3.05, 3.63) is 35.4 Å². The Hall–Kier alpha value is -1.14. The van der Waals surface area contributed by atoms with Crippen LogP contribution < -0.4 is 5.32 Å². The molecule has 1 amide bonds. The van der Waals surface area contributed by atoms with Gasteiger partial charge in [0.25, 0.3) is 0 Å². The van der Waals surface area contributed by atoms with E-state index in [9.17, 15) is 14.7 Å². The third kappa shape index (κ3) is 6.77. The van der Waals surface area contributed by atoms with E-state index in [1.54, 1.807) is 0 Å². The van der Waals surface area contributed by atoms with Gasteiger partial charge in [-0.1, -0.05) is 57.8 Å². The number of aliphatic carboxylic acids is 1. The highest BCUT2D eigenvalue weighted by Crippen LogP contribution is 2.39. The Morgan fingerprint density at radius 3 is 2.67 bits per heavy atom. The molecule has 1 fully saturated rings. The van der Waals surface area contributed by atoms with Crippen LogP contribution in [0.1, 0.15) is 43.2 Å². The van der Waals surface area contributed by atoms with Gasteiger partial charge >= 0.3 is 5.97 Å². The van der Waals surface area contributed by atoms with E-state index in [-0.39, 0.29) is 5.91 Å². The number of benzene rings is 1. The van der Waals surface area contributed by atoms with Crippen LogP contribution in [0.15, 0.2) is 24.3 Å². The smallest absolute Gasteiger partial charge is 0.326 e. The van der Waals surface area contributed by atoms with Gasteiger partial charge in [0.1, 0.15) is 6.04 Å². The van der Waals surface area contributed by atoms with E-state index in [2.05, 4.69) is 5.32 Å². The number of unbranched alkanes of at least 4 members (excludes halogenated alkanes) is 1. The molecule has 24 heavy (non-hydrogen) atoms. The van der Waals surface area contributed by atoms with Crippen LogP contribution >= 0.6 is 21.6 Å². The van der Waals surface area contributed by atoms with Gasteiger partial charge in [0.2, 0.25) is 5.91 Å². The van der Waals surface area contributed by atoms with Crippen LogP contribution in [-0.2, 0) is 16.0 Å². The predicted octanol–water partition coefficient (Wildman–Crippen LogP) is 3.82. The maximum absolute atomic E-state index is 12.0. The van der Waals surface area contributed by atoms with Crippen molar-refractivity contribution in [3.8, 4) is 0 Å². The normalized spacial score (nSPS) is 18.3. The molecule has 2 N–H and O–H groups in total. The van der Waals surface area contributed by atoms with Crippen molar-refractivity contribution in [1.29, 1.82) is 0 Å². The summed E-state index contributed by atoms with van der Waals surface area (Å²) in [6.45, 7) is 1.99. The summed E-state index contributed by atoms with van der Waals surface area (Å²) < 4.78 is 0. The Morgan fingerprint density at radius 2 is 2.04 bits per heavy atom. The zero-order valence-electron chi connectivity index (χ0n) is 14.0. The fraction of sp³-hybridized carbons (Fsp3) is 0.556. The third-order valence-corrected chi connectivity index (χ3v) is 7.11. The molecule has 1 heterocycles. The number of carboxylic acid groups (broad SMARTS) is 1. The number of hydrogen-bond acceptors (Lipinski definition) is 4. The lowest BCUT2D eigenvalue weighted by atomic mass is 10.0. The van der Waals surface area contributed by atoms with Gasteiger partial charge in [0.05, 0.1) is 0 Å². The molecule has 6 heteroatoms. The van der Waals surface area contributed by atoms with E-state index in [0.717, 1.165) is 35.6 Å². The molecule has 0 spiro atoms. The minimum atomic E-state index is -0.983. The first-order valence-corrected chi connectivity index (χ1v) is 10.8. The zero-order valence-corrected chi connectivity index (χ0v) is 15.6. The second kappa shape index (κ2) is 9.99. The van der Waals surface area contributed by atoms with Crippen LogP contribution in [0.2, 0.25) is 0 Å². The number of carboxylic acids is 1. The number of rotatable bonds is 9. The van der Waals surface area contributed by atoms with Gasteiger partial charge in [-0.15, -0.1) is 0 Å². The number of amides is 1. The molecule has 0 aromatic heterocycles. The van der Waals surface area contributed by atoms with Crippen molar-refractivity contribution in [2.75, 3.05) is 5.75 Å². The average Bonchev–Trinajstić information content (AvgIpc) is 3.06. The summed E-state index contributed by atoms with van der Waals surface area (Å²) in [6, 6.07) is 6.87. The van der Waals surface area contributed by atoms with Crippen molar-refractivity contribution in [2.24, 2.45) is 0 Å². The van der Waals surface area contributed by atoms with Gasteiger partial charge in [-0.3, -0.25) is 4.79 Å². The lowest BCUT2D eigenvalue weighted by molar-refractivity contribution is -0.141. The SMILES string of the molecule is Cc1ccc(CC(NC(=O)CCCCC2CCSS2)C(=O)O)cc1. The van der Waals surface area contributed by atoms with Gasteiger partial charge in [0, 0.05) is 23.8 Å². The van der Waals surface area contributed by atoms with Gasteiger partial charge in [-0.25, -0.2) is 4.79 Å². The summed E-state index contributed by atoms with van der Waals surface area (Å²) in [5, 5.41) is 12.7. The summed E-state index contributed by atoms with van der Waals surface area (Å²) in [6.07, 6.45) is 4.99. The molecule has 2 atom stereocenters. The molecule has 0 saturated carbocycles. The van der Waals surface area contributed by atoms with Crippen molar-refractivity contribution in [1.82, 2.24) is 5.32 Å². The Labute approximate surface area is 151 Å². The van der Waals surface area contributed by atoms with E-state index in [4.69, 9.17) is 0 Å². The first kappa shape index (κ1) is 19.2. The molecule has 0 bridgehead atoms. The molecular formula is C18H25NO3S2. The number of aryl methyl sites for hydroxylation is 1. The van der Waals surface area contributed by atoms with Gasteiger partial charge in [0.15, 0.2) is 0 Å². The summed E-state index contributed by atoms with van der Waals surface area (Å²) in [4.78, 5) is 23.4. The molecule has 2 rings (SSSR count). The Kier molecular flexibility index (Phi) is 7.99. The van der Waals surface area contributed by atoms with Crippen LogP contribution in [0.25, 0.3) is 0 Å². The molecule has 132 valence electrons. The fourth-order valence-corrected chi connectivity index (χ4v) is 5.68. The second-order valence-corrected chi connectivity index (χ2v) is 9.01. The third-order valence-electron chi connectivity index (χ3n) is 4.10. The summed E-state index contributed by atoms with van der Waals surface area (Å²) >= 11 is 0. The van der Waals surface area contributed by atoms with E-state index in [1.807, 2.05) is 52.8 Å². The maximum atomic E-state index is 12.0. The fourth-order valence-electron chi connectivity index (χ4n) is 2.65. The number of carbonyl (C=O) groups is 2. The lowest BCUT2D eigenvalue weighted by Crippen LogP contribution is -2.42. The minimum absolute atomic E-state index is 0.164. The van der Waals surface area contributed by atoms with E-state index in [1.165, 1.54) is 12.2 Å². The largest absolute Gasteiger partial charge is 0.480 e. The average molecular weight is 368 g/mol. The molecule has 2 unspecified atom stereocenters. The Morgan fingerprint density at radius 1 is 1.29 bits per heavy atom. The van der Waals surface area contributed by atoms with Crippen LogP contribution in [-0.4, -0.2) is 34.0 Å². The molecule has 1 aromatic carbocycles. The lowest BCUT2D eigenvalue weighted by Gasteiger charge is -2.15. The highest BCUT2D eigenvalue weighted by atomic mass is 33.1. The van der Waals surface area contributed by atoms with E-state index < -0.39 is 12.0 Å². The quantitative estimate of drug-likeness (QED) is 0.513. The number of nitrogens with one attached hydrogen (secondary N) is 1. The first-order chi connectivity index (χ1) is 11.5. The standard InChI is InChI=1S/C18H25NO3S2/c1-13-6-8-14(9-7-13)12-16(18(21)22)19-17(20)5-3-2-4-15-10-11-23-24-15/h6-9,15-16H,2-5,10-12H2,1H3,(H,19,20)(H,21,22). The first-order valence-electron chi connectivity index (χ1n) is 8.40. The predicted molar refractivity (Wildman–Crippen MR) is 101 cm³/mol. The van der Waals surface area contributed by atoms with Crippen molar-refractivity contribution in [3.63, 3.8) is 0 Å². The van der Waals surface area contributed by atoms with Crippen molar-refractivity contribution < 1.29 is 14.7 Å². The number of carbonyl (C=O) groups excluding carboxylic acids is 1. The maximum Gasteiger partial charge on any atom is 0.326 e. The molecule has 1 saturated heterocycles. The van der Waals surface area contributed by atoms with E-state index >= 15 is 0 Å². The van der Waals surface area contributed by atoms with Crippen LogP contribution in [0.4, 0.5) is 0 Å². The molecule has 1 aromatic rings. The summed E-state index contributed by atoms with van der Waals surface area (Å²) in [5.74, 6) is 0.0843. The molecule has 1 aliphatic rings. The van der Waals surface area contributed by atoms with Gasteiger partial charge in [-0.2, -0.15) is 0 Å². The highest BCUT2D eigenvalue weighted by molar-refractivity contribution is 8.77. The molecule has 1 aliphatic heterocycles. The van der Waals surface area contributed by atoms with E-state index in [0.29, 0.717) is 12.8 Å².